The number of methoxy groups -OCH3 is 1. The summed E-state index contributed by atoms with van der Waals surface area (Å²) in [6, 6.07) is 2.61. The van der Waals surface area contributed by atoms with Crippen LogP contribution in [0, 0.1) is 0 Å². The fraction of sp³-hybridized carbons (Fsp3) is 0.400. The molecule has 0 unspecified atom stereocenters. The molecule has 0 fully saturated rings. The molecule has 0 aliphatic carbocycles. The largest absolute Gasteiger partial charge is 0.495 e. The predicted octanol–water partition coefficient (Wildman–Crippen LogP) is 4.50. The number of ether oxygens (including phenoxy) is 1. The number of halogens is 4. The van der Waals surface area contributed by atoms with Crippen LogP contribution in [0.5, 0.6) is 5.75 Å². The molecular formula is C10H10Cl2F2O. The van der Waals surface area contributed by atoms with Gasteiger partial charge >= 0.3 is 0 Å². The summed E-state index contributed by atoms with van der Waals surface area (Å²) in [7, 11) is 1.40. The Morgan fingerprint density at radius 2 is 1.87 bits per heavy atom. The van der Waals surface area contributed by atoms with E-state index in [1.807, 2.05) is 0 Å². The number of rotatable bonds is 3. The molecule has 0 atom stereocenters. The van der Waals surface area contributed by atoms with E-state index in [1.54, 1.807) is 0 Å². The lowest BCUT2D eigenvalue weighted by Crippen LogP contribution is -2.12. The van der Waals surface area contributed by atoms with Crippen LogP contribution in [-0.4, -0.2) is 7.11 Å². The van der Waals surface area contributed by atoms with E-state index in [0.29, 0.717) is 0 Å². The van der Waals surface area contributed by atoms with Gasteiger partial charge in [-0.1, -0.05) is 30.1 Å². The second kappa shape index (κ2) is 4.54. The Balaban J connectivity index is 3.29. The quantitative estimate of drug-likeness (QED) is 0.772. The van der Waals surface area contributed by atoms with Gasteiger partial charge in [-0.05, 0) is 12.1 Å². The lowest BCUT2D eigenvalue weighted by molar-refractivity contribution is -0.00819. The molecule has 0 saturated heterocycles. The summed E-state index contributed by atoms with van der Waals surface area (Å²) in [4.78, 5) is 0. The van der Waals surface area contributed by atoms with Crippen LogP contribution >= 0.6 is 23.2 Å². The highest BCUT2D eigenvalue weighted by Gasteiger charge is 2.32. The second-order valence-corrected chi connectivity index (χ2v) is 3.76. The maximum atomic E-state index is 13.4. The molecule has 15 heavy (non-hydrogen) atoms. The van der Waals surface area contributed by atoms with Crippen molar-refractivity contribution in [2.45, 2.75) is 19.3 Å². The summed E-state index contributed by atoms with van der Waals surface area (Å²) in [5.74, 6) is -2.68. The summed E-state index contributed by atoms with van der Waals surface area (Å²) in [6.07, 6.45) is -0.324. The van der Waals surface area contributed by atoms with Crippen LogP contribution in [0.3, 0.4) is 0 Å². The SMILES string of the molecule is CCC(F)(F)c1ccc(OC)c(Cl)c1Cl. The zero-order chi connectivity index (χ0) is 11.6. The third-order valence-corrected chi connectivity index (χ3v) is 2.97. The molecule has 1 rings (SSSR count). The first-order valence-corrected chi connectivity index (χ1v) is 5.10. The molecule has 0 aliphatic heterocycles. The molecule has 0 aliphatic rings. The number of hydrogen-bond donors (Lipinski definition) is 0. The minimum absolute atomic E-state index is 0.0183. The summed E-state index contributed by atoms with van der Waals surface area (Å²) < 4.78 is 31.6. The summed E-state index contributed by atoms with van der Waals surface area (Å²) in [5.41, 5.74) is -0.266. The monoisotopic (exact) mass is 254 g/mol. The molecule has 84 valence electrons. The van der Waals surface area contributed by atoms with E-state index < -0.39 is 5.92 Å². The van der Waals surface area contributed by atoms with Crippen molar-refractivity contribution in [2.75, 3.05) is 7.11 Å². The minimum atomic E-state index is -2.97. The highest BCUT2D eigenvalue weighted by Crippen LogP contribution is 2.42. The Hall–Kier alpha value is -0.540. The van der Waals surface area contributed by atoms with Gasteiger partial charge in [0, 0.05) is 12.0 Å². The maximum absolute atomic E-state index is 13.4. The lowest BCUT2D eigenvalue weighted by atomic mass is 10.1. The second-order valence-electron chi connectivity index (χ2n) is 3.00. The predicted molar refractivity (Wildman–Crippen MR) is 57.2 cm³/mol. The van der Waals surface area contributed by atoms with Gasteiger partial charge in [0.2, 0.25) is 0 Å². The molecule has 0 heterocycles. The van der Waals surface area contributed by atoms with Crippen LogP contribution in [-0.2, 0) is 5.92 Å². The summed E-state index contributed by atoms with van der Waals surface area (Å²) in [5, 5.41) is -0.132. The van der Waals surface area contributed by atoms with Gasteiger partial charge in [-0.2, -0.15) is 0 Å². The van der Waals surface area contributed by atoms with E-state index in [0.717, 1.165) is 0 Å². The Labute approximate surface area is 96.9 Å². The zero-order valence-electron chi connectivity index (χ0n) is 8.28. The maximum Gasteiger partial charge on any atom is 0.274 e. The number of alkyl halides is 2. The number of hydrogen-bond acceptors (Lipinski definition) is 1. The summed E-state index contributed by atoms with van der Waals surface area (Å²) in [6.45, 7) is 1.38. The van der Waals surface area contributed by atoms with Crippen molar-refractivity contribution >= 4 is 23.2 Å². The van der Waals surface area contributed by atoms with Crippen LogP contribution in [0.25, 0.3) is 0 Å². The molecule has 0 radical (unpaired) electrons. The van der Waals surface area contributed by atoms with Gasteiger partial charge in [-0.3, -0.25) is 0 Å². The average Bonchev–Trinajstić information content (AvgIpc) is 2.21. The van der Waals surface area contributed by atoms with Crippen LogP contribution in [0.2, 0.25) is 10.0 Å². The van der Waals surface area contributed by atoms with Gasteiger partial charge in [0.05, 0.1) is 12.1 Å². The fourth-order valence-electron chi connectivity index (χ4n) is 1.16. The van der Waals surface area contributed by atoms with Crippen molar-refractivity contribution in [2.24, 2.45) is 0 Å². The van der Waals surface area contributed by atoms with Crippen molar-refractivity contribution in [3.63, 3.8) is 0 Å². The van der Waals surface area contributed by atoms with Crippen LogP contribution in [0.4, 0.5) is 8.78 Å². The molecule has 5 heteroatoms. The standard InChI is InChI=1S/C10H10Cl2F2O/c1-3-10(13,14)6-4-5-7(15-2)9(12)8(6)11/h4-5H,3H2,1-2H3. The first-order chi connectivity index (χ1) is 6.94. The zero-order valence-corrected chi connectivity index (χ0v) is 9.79. The van der Waals surface area contributed by atoms with Gasteiger partial charge in [-0.15, -0.1) is 0 Å². The van der Waals surface area contributed by atoms with Gasteiger partial charge in [0.15, 0.2) is 0 Å². The highest BCUT2D eigenvalue weighted by atomic mass is 35.5. The van der Waals surface area contributed by atoms with E-state index >= 15 is 0 Å². The van der Waals surface area contributed by atoms with E-state index in [1.165, 1.54) is 26.2 Å². The van der Waals surface area contributed by atoms with Gasteiger partial charge in [0.1, 0.15) is 10.8 Å². The third-order valence-electron chi connectivity index (χ3n) is 2.10. The molecule has 0 saturated carbocycles. The first-order valence-electron chi connectivity index (χ1n) is 4.34. The third kappa shape index (κ3) is 2.34. The van der Waals surface area contributed by atoms with Crippen molar-refractivity contribution < 1.29 is 13.5 Å². The van der Waals surface area contributed by atoms with Gasteiger partial charge < -0.3 is 4.74 Å². The number of benzene rings is 1. The summed E-state index contributed by atoms with van der Waals surface area (Å²) >= 11 is 11.5. The highest BCUT2D eigenvalue weighted by molar-refractivity contribution is 6.43. The molecule has 0 amide bonds. The van der Waals surface area contributed by atoms with Crippen molar-refractivity contribution in [1.82, 2.24) is 0 Å². The van der Waals surface area contributed by atoms with Crippen molar-refractivity contribution in [3.8, 4) is 5.75 Å². The molecule has 1 nitrogen and oxygen atoms in total. The molecule has 1 aromatic carbocycles. The van der Waals surface area contributed by atoms with E-state index in [9.17, 15) is 8.78 Å². The Bertz CT molecular complexity index is 367. The molecular weight excluding hydrogens is 245 g/mol. The van der Waals surface area contributed by atoms with E-state index in [4.69, 9.17) is 27.9 Å². The normalized spacial score (nSPS) is 11.6. The van der Waals surface area contributed by atoms with Crippen LogP contribution in [0.15, 0.2) is 12.1 Å². The molecule has 0 N–H and O–H groups in total. The molecule has 0 spiro atoms. The first kappa shape index (κ1) is 12.5. The Kier molecular flexibility index (Phi) is 3.79. The molecule has 1 aromatic rings. The van der Waals surface area contributed by atoms with Gasteiger partial charge in [0.25, 0.3) is 5.92 Å². The van der Waals surface area contributed by atoms with Crippen molar-refractivity contribution in [3.05, 3.63) is 27.7 Å². The van der Waals surface area contributed by atoms with Crippen LogP contribution < -0.4 is 4.74 Å². The Morgan fingerprint density at radius 1 is 1.27 bits per heavy atom. The average molecular weight is 255 g/mol. The van der Waals surface area contributed by atoms with Crippen LogP contribution in [0.1, 0.15) is 18.9 Å². The molecule has 0 aromatic heterocycles. The van der Waals surface area contributed by atoms with Crippen molar-refractivity contribution in [1.29, 1.82) is 0 Å². The van der Waals surface area contributed by atoms with Gasteiger partial charge in [-0.25, -0.2) is 8.78 Å². The minimum Gasteiger partial charge on any atom is -0.495 e. The smallest absolute Gasteiger partial charge is 0.274 e. The van der Waals surface area contributed by atoms with E-state index in [-0.39, 0.29) is 27.8 Å². The lowest BCUT2D eigenvalue weighted by Gasteiger charge is -2.17. The Morgan fingerprint density at radius 3 is 2.33 bits per heavy atom. The van der Waals surface area contributed by atoms with E-state index in [2.05, 4.69) is 0 Å². The molecule has 0 bridgehead atoms. The topological polar surface area (TPSA) is 9.23 Å². The fourth-order valence-corrected chi connectivity index (χ4v) is 1.70.